The summed E-state index contributed by atoms with van der Waals surface area (Å²) >= 11 is 0. The van der Waals surface area contributed by atoms with E-state index in [0.717, 1.165) is 31.0 Å². The van der Waals surface area contributed by atoms with Gasteiger partial charge in [-0.15, -0.1) is 0 Å². The molecule has 0 spiro atoms. The van der Waals surface area contributed by atoms with Crippen LogP contribution < -0.4 is 10.6 Å². The number of hydrogen-bond donors (Lipinski definition) is 3. The number of aliphatic hydroxyl groups is 1. The third-order valence-electron chi connectivity index (χ3n) is 6.26. The van der Waals surface area contributed by atoms with Crippen molar-refractivity contribution in [3.63, 3.8) is 0 Å². The van der Waals surface area contributed by atoms with Gasteiger partial charge in [0.1, 0.15) is 5.82 Å². The minimum atomic E-state index is -0.447. The molecule has 4 rings (SSSR count). The summed E-state index contributed by atoms with van der Waals surface area (Å²) in [6, 6.07) is 11.0. The molecule has 0 bridgehead atoms. The maximum Gasteiger partial charge on any atom is 0.253 e. The molecule has 2 aliphatic rings. The molecule has 3 N–H and O–H groups in total. The number of nitrogens with zero attached hydrogens (tertiary/aromatic N) is 2. The van der Waals surface area contributed by atoms with Crippen LogP contribution >= 0.6 is 0 Å². The van der Waals surface area contributed by atoms with E-state index in [4.69, 9.17) is 0 Å². The predicted octanol–water partition coefficient (Wildman–Crippen LogP) is 2.76. The molecule has 2 aromatic rings. The number of pyridine rings is 1. The largest absolute Gasteiger partial charge is 0.392 e. The van der Waals surface area contributed by atoms with Gasteiger partial charge in [-0.3, -0.25) is 9.69 Å². The number of fused-ring (bicyclic) bond motifs is 1. The molecule has 1 saturated carbocycles. The van der Waals surface area contributed by atoms with Gasteiger partial charge in [-0.05, 0) is 61.4 Å². The van der Waals surface area contributed by atoms with E-state index in [1.165, 1.54) is 36.9 Å². The third-order valence-corrected chi connectivity index (χ3v) is 6.26. The number of aliphatic hydroxyl groups excluding tert-OH is 1. The van der Waals surface area contributed by atoms with Crippen molar-refractivity contribution < 1.29 is 9.90 Å². The van der Waals surface area contributed by atoms with E-state index in [1.807, 2.05) is 0 Å². The highest BCUT2D eigenvalue weighted by Gasteiger charge is 2.26. The van der Waals surface area contributed by atoms with Crippen molar-refractivity contribution in [1.82, 2.24) is 15.2 Å². The molecule has 0 radical (unpaired) electrons. The van der Waals surface area contributed by atoms with Gasteiger partial charge >= 0.3 is 0 Å². The van der Waals surface area contributed by atoms with Crippen LogP contribution in [0, 0.1) is 0 Å². The van der Waals surface area contributed by atoms with Crippen molar-refractivity contribution in [2.24, 2.45) is 0 Å². The van der Waals surface area contributed by atoms with Gasteiger partial charge in [0.15, 0.2) is 0 Å². The Balaban J connectivity index is 1.31. The maximum atomic E-state index is 12.5. The quantitative estimate of drug-likeness (QED) is 0.657. The van der Waals surface area contributed by atoms with E-state index < -0.39 is 6.10 Å². The van der Waals surface area contributed by atoms with E-state index in [9.17, 15) is 9.90 Å². The second-order valence-electron chi connectivity index (χ2n) is 8.57. The van der Waals surface area contributed by atoms with Gasteiger partial charge in [-0.1, -0.05) is 24.6 Å². The molecule has 1 aromatic carbocycles. The first-order valence-electron chi connectivity index (χ1n) is 11.1. The highest BCUT2D eigenvalue weighted by atomic mass is 16.3. The average Bonchev–Trinajstić information content (AvgIpc) is 2.92. The summed E-state index contributed by atoms with van der Waals surface area (Å²) in [6.45, 7) is 4.97. The molecule has 6 nitrogen and oxygen atoms in total. The fourth-order valence-corrected chi connectivity index (χ4v) is 4.19. The molecule has 0 saturated heterocycles. The first-order valence-corrected chi connectivity index (χ1v) is 11.1. The molecular weight excluding hydrogens is 376 g/mol. The zero-order chi connectivity index (χ0) is 20.9. The van der Waals surface area contributed by atoms with Crippen LogP contribution in [0.5, 0.6) is 0 Å². The van der Waals surface area contributed by atoms with Gasteiger partial charge in [0.25, 0.3) is 5.91 Å². The SMILES string of the molecule is CC(O)CNc1ccc(C(=O)NCc2ccc3c(c2)CCN(C2CCC2)CC3)cn1. The predicted molar refractivity (Wildman–Crippen MR) is 119 cm³/mol. The number of aromatic nitrogens is 1. The van der Waals surface area contributed by atoms with Crippen LogP contribution in [0.3, 0.4) is 0 Å². The second kappa shape index (κ2) is 9.58. The first-order chi connectivity index (χ1) is 14.6. The van der Waals surface area contributed by atoms with Crippen molar-refractivity contribution in [3.05, 3.63) is 58.8 Å². The van der Waals surface area contributed by atoms with Crippen molar-refractivity contribution in [2.45, 2.75) is 57.7 Å². The van der Waals surface area contributed by atoms with Gasteiger partial charge < -0.3 is 15.7 Å². The molecule has 30 heavy (non-hydrogen) atoms. The van der Waals surface area contributed by atoms with Gasteiger partial charge in [0, 0.05) is 38.4 Å². The lowest BCUT2D eigenvalue weighted by molar-refractivity contribution is 0.0950. The first kappa shape index (κ1) is 20.8. The lowest BCUT2D eigenvalue weighted by Crippen LogP contribution is -2.41. The fraction of sp³-hybridized carbons (Fsp3) is 0.500. The molecule has 1 aliphatic heterocycles. The Hall–Kier alpha value is -2.44. The summed E-state index contributed by atoms with van der Waals surface area (Å²) in [6.07, 6.45) is 7.44. The molecule has 6 heteroatoms. The molecular formula is C24H32N4O2. The Kier molecular flexibility index (Phi) is 6.65. The summed E-state index contributed by atoms with van der Waals surface area (Å²) in [5.41, 5.74) is 4.56. The fourth-order valence-electron chi connectivity index (χ4n) is 4.19. The highest BCUT2D eigenvalue weighted by molar-refractivity contribution is 5.94. The van der Waals surface area contributed by atoms with Gasteiger partial charge in [-0.25, -0.2) is 4.98 Å². The second-order valence-corrected chi connectivity index (χ2v) is 8.57. The lowest BCUT2D eigenvalue weighted by atomic mass is 9.91. The highest BCUT2D eigenvalue weighted by Crippen LogP contribution is 2.27. The number of rotatable bonds is 7. The normalized spacial score (nSPS) is 18.1. The zero-order valence-electron chi connectivity index (χ0n) is 17.7. The standard InChI is InChI=1S/C24H32N4O2/c1-17(29)14-25-23-8-7-21(16-26-23)24(30)27-15-18-5-6-19-9-11-28(22-3-2-4-22)12-10-20(19)13-18/h5-8,13,16-17,22,29H,2-4,9-12,14-15H2,1H3,(H,25,26)(H,27,30). The number of hydrogen-bond acceptors (Lipinski definition) is 5. The Morgan fingerprint density at radius 1 is 1.20 bits per heavy atom. The van der Waals surface area contributed by atoms with Crippen LogP contribution in [0.15, 0.2) is 36.5 Å². The van der Waals surface area contributed by atoms with E-state index in [1.54, 1.807) is 25.3 Å². The van der Waals surface area contributed by atoms with Crippen LogP contribution in [-0.2, 0) is 19.4 Å². The monoisotopic (exact) mass is 408 g/mol. The molecule has 1 amide bonds. The topological polar surface area (TPSA) is 77.5 Å². The van der Waals surface area contributed by atoms with Crippen molar-refractivity contribution in [1.29, 1.82) is 0 Å². The summed E-state index contributed by atoms with van der Waals surface area (Å²) in [5.74, 6) is 0.518. The van der Waals surface area contributed by atoms with Crippen LogP contribution in [0.1, 0.15) is 53.2 Å². The van der Waals surface area contributed by atoms with Crippen molar-refractivity contribution in [3.8, 4) is 0 Å². The molecule has 1 aliphatic carbocycles. The van der Waals surface area contributed by atoms with E-state index >= 15 is 0 Å². The van der Waals surface area contributed by atoms with Crippen molar-refractivity contribution >= 4 is 11.7 Å². The Morgan fingerprint density at radius 3 is 2.67 bits per heavy atom. The third kappa shape index (κ3) is 5.18. The van der Waals surface area contributed by atoms with Gasteiger partial charge in [0.05, 0.1) is 11.7 Å². The van der Waals surface area contributed by atoms with Crippen LogP contribution in [-0.4, -0.2) is 52.7 Å². The van der Waals surface area contributed by atoms with Crippen LogP contribution in [0.2, 0.25) is 0 Å². The van der Waals surface area contributed by atoms with Crippen LogP contribution in [0.4, 0.5) is 5.82 Å². The maximum absolute atomic E-state index is 12.5. The Labute approximate surface area is 178 Å². The number of carbonyl (C=O) groups is 1. The lowest BCUT2D eigenvalue weighted by Gasteiger charge is -2.36. The zero-order valence-corrected chi connectivity index (χ0v) is 17.7. The molecule has 1 atom stereocenters. The molecule has 1 aromatic heterocycles. The number of nitrogens with one attached hydrogen (secondary N) is 2. The number of amides is 1. The van der Waals surface area contributed by atoms with Crippen LogP contribution in [0.25, 0.3) is 0 Å². The van der Waals surface area contributed by atoms with Crippen molar-refractivity contribution in [2.75, 3.05) is 25.0 Å². The van der Waals surface area contributed by atoms with E-state index in [-0.39, 0.29) is 5.91 Å². The Morgan fingerprint density at radius 2 is 2.00 bits per heavy atom. The number of benzene rings is 1. The average molecular weight is 409 g/mol. The minimum absolute atomic E-state index is 0.129. The smallest absolute Gasteiger partial charge is 0.253 e. The summed E-state index contributed by atoms with van der Waals surface area (Å²) in [5, 5.41) is 15.3. The summed E-state index contributed by atoms with van der Waals surface area (Å²) in [4.78, 5) is 19.4. The number of anilines is 1. The summed E-state index contributed by atoms with van der Waals surface area (Å²) in [7, 11) is 0. The molecule has 1 unspecified atom stereocenters. The Bertz CT molecular complexity index is 862. The van der Waals surface area contributed by atoms with E-state index in [0.29, 0.717) is 24.5 Å². The minimum Gasteiger partial charge on any atom is -0.392 e. The van der Waals surface area contributed by atoms with Gasteiger partial charge in [-0.2, -0.15) is 0 Å². The molecule has 2 heterocycles. The molecule has 1 fully saturated rings. The van der Waals surface area contributed by atoms with Gasteiger partial charge in [0.2, 0.25) is 0 Å². The number of carbonyl (C=O) groups excluding carboxylic acids is 1. The van der Waals surface area contributed by atoms with E-state index in [2.05, 4.69) is 38.7 Å². The summed E-state index contributed by atoms with van der Waals surface area (Å²) < 4.78 is 0. The molecule has 160 valence electrons.